The van der Waals surface area contributed by atoms with Crippen molar-refractivity contribution in [3.8, 4) is 11.5 Å². The minimum absolute atomic E-state index is 0.0501. The van der Waals surface area contributed by atoms with Crippen LogP contribution in [0.2, 0.25) is 0 Å². The maximum absolute atomic E-state index is 13.0. The fourth-order valence-corrected chi connectivity index (χ4v) is 3.68. The van der Waals surface area contributed by atoms with Crippen LogP contribution in [0.4, 0.5) is 0 Å². The molecule has 0 aromatic heterocycles. The summed E-state index contributed by atoms with van der Waals surface area (Å²) < 4.78 is 10.8. The number of likely N-dealkylation sites (tertiary alicyclic amines) is 1. The van der Waals surface area contributed by atoms with Crippen LogP contribution < -0.4 is 9.47 Å². The highest BCUT2D eigenvalue weighted by Crippen LogP contribution is 2.36. The molecule has 0 saturated carbocycles. The number of hydrogen-bond acceptors (Lipinski definition) is 4. The lowest BCUT2D eigenvalue weighted by Crippen LogP contribution is -2.43. The number of rotatable bonds is 7. The van der Waals surface area contributed by atoms with Gasteiger partial charge in [0.15, 0.2) is 18.1 Å². The SMILES string of the molecule is CCOc1cc(C(=O)N2CCC(C)(c3ccccc3)CC2)ccc1OCC(=O)O. The molecule has 1 aliphatic heterocycles. The highest BCUT2D eigenvalue weighted by molar-refractivity contribution is 5.95. The maximum atomic E-state index is 13.0. The van der Waals surface area contributed by atoms with E-state index in [9.17, 15) is 9.59 Å². The van der Waals surface area contributed by atoms with Crippen molar-refractivity contribution < 1.29 is 24.2 Å². The smallest absolute Gasteiger partial charge is 0.341 e. The molecule has 154 valence electrons. The van der Waals surface area contributed by atoms with E-state index in [-0.39, 0.29) is 11.3 Å². The van der Waals surface area contributed by atoms with Gasteiger partial charge in [-0.15, -0.1) is 0 Å². The lowest BCUT2D eigenvalue weighted by atomic mass is 9.74. The molecule has 1 N–H and O–H groups in total. The number of carbonyl (C=O) groups excluding carboxylic acids is 1. The van der Waals surface area contributed by atoms with Crippen molar-refractivity contribution in [2.75, 3.05) is 26.3 Å². The van der Waals surface area contributed by atoms with Crippen molar-refractivity contribution in [1.82, 2.24) is 4.90 Å². The molecule has 6 nitrogen and oxygen atoms in total. The number of amides is 1. The normalized spacial score (nSPS) is 15.6. The summed E-state index contributed by atoms with van der Waals surface area (Å²) in [6.45, 7) is 5.38. The van der Waals surface area contributed by atoms with Crippen LogP contribution in [-0.4, -0.2) is 48.2 Å². The van der Waals surface area contributed by atoms with Gasteiger partial charge in [-0.2, -0.15) is 0 Å². The Labute approximate surface area is 171 Å². The Morgan fingerprint density at radius 1 is 1.03 bits per heavy atom. The molecule has 0 radical (unpaired) electrons. The van der Waals surface area contributed by atoms with E-state index in [1.54, 1.807) is 18.2 Å². The third-order valence-electron chi connectivity index (χ3n) is 5.47. The zero-order valence-corrected chi connectivity index (χ0v) is 16.9. The first-order chi connectivity index (χ1) is 13.9. The summed E-state index contributed by atoms with van der Waals surface area (Å²) in [4.78, 5) is 25.6. The Balaban J connectivity index is 1.70. The number of piperidine rings is 1. The molecular weight excluding hydrogens is 370 g/mol. The van der Waals surface area contributed by atoms with Crippen LogP contribution in [0.1, 0.15) is 42.6 Å². The van der Waals surface area contributed by atoms with Gasteiger partial charge in [-0.3, -0.25) is 4.79 Å². The summed E-state index contributed by atoms with van der Waals surface area (Å²) in [7, 11) is 0. The molecule has 1 aliphatic rings. The largest absolute Gasteiger partial charge is 0.490 e. The molecule has 1 fully saturated rings. The van der Waals surface area contributed by atoms with E-state index in [2.05, 4.69) is 31.2 Å². The summed E-state index contributed by atoms with van der Waals surface area (Å²) in [6, 6.07) is 15.3. The molecule has 2 aromatic rings. The van der Waals surface area contributed by atoms with Gasteiger partial charge in [0.1, 0.15) is 0 Å². The number of carbonyl (C=O) groups is 2. The summed E-state index contributed by atoms with van der Waals surface area (Å²) in [6.07, 6.45) is 1.81. The molecule has 0 spiro atoms. The van der Waals surface area contributed by atoms with E-state index >= 15 is 0 Å². The molecule has 0 bridgehead atoms. The molecule has 29 heavy (non-hydrogen) atoms. The number of ether oxygens (including phenoxy) is 2. The molecule has 0 atom stereocenters. The fraction of sp³-hybridized carbons (Fsp3) is 0.391. The molecule has 3 rings (SSSR count). The lowest BCUT2D eigenvalue weighted by molar-refractivity contribution is -0.139. The molecule has 2 aromatic carbocycles. The van der Waals surface area contributed by atoms with Crippen molar-refractivity contribution in [2.45, 2.75) is 32.1 Å². The highest BCUT2D eigenvalue weighted by Gasteiger charge is 2.33. The summed E-state index contributed by atoms with van der Waals surface area (Å²) in [5.41, 5.74) is 1.90. The van der Waals surface area contributed by atoms with Crippen LogP contribution in [0.3, 0.4) is 0 Å². The van der Waals surface area contributed by atoms with Gasteiger partial charge in [-0.25, -0.2) is 4.79 Å². The average Bonchev–Trinajstić information content (AvgIpc) is 2.73. The van der Waals surface area contributed by atoms with Crippen LogP contribution in [0.25, 0.3) is 0 Å². The van der Waals surface area contributed by atoms with Crippen molar-refractivity contribution in [1.29, 1.82) is 0 Å². The van der Waals surface area contributed by atoms with Crippen LogP contribution in [0.5, 0.6) is 11.5 Å². The monoisotopic (exact) mass is 397 g/mol. The quantitative estimate of drug-likeness (QED) is 0.770. The fourth-order valence-electron chi connectivity index (χ4n) is 3.68. The van der Waals surface area contributed by atoms with E-state index in [1.807, 2.05) is 17.9 Å². The van der Waals surface area contributed by atoms with Gasteiger partial charge >= 0.3 is 5.97 Å². The van der Waals surface area contributed by atoms with Gasteiger partial charge in [0, 0.05) is 18.7 Å². The number of carboxylic acid groups (broad SMARTS) is 1. The first-order valence-corrected chi connectivity index (χ1v) is 9.89. The van der Waals surface area contributed by atoms with E-state index in [0.29, 0.717) is 36.8 Å². The molecule has 0 aliphatic carbocycles. The Bertz CT molecular complexity index is 857. The van der Waals surface area contributed by atoms with Gasteiger partial charge < -0.3 is 19.5 Å². The first-order valence-electron chi connectivity index (χ1n) is 9.89. The Hall–Kier alpha value is -3.02. The molecule has 0 unspecified atom stereocenters. The first kappa shape index (κ1) is 20.7. The minimum atomic E-state index is -1.07. The van der Waals surface area contributed by atoms with Gasteiger partial charge in [-0.05, 0) is 48.9 Å². The van der Waals surface area contributed by atoms with Crippen molar-refractivity contribution in [2.24, 2.45) is 0 Å². The van der Waals surface area contributed by atoms with Crippen molar-refractivity contribution in [3.05, 3.63) is 59.7 Å². The Morgan fingerprint density at radius 2 is 1.72 bits per heavy atom. The van der Waals surface area contributed by atoms with Gasteiger partial charge in [0.05, 0.1) is 6.61 Å². The second-order valence-electron chi connectivity index (χ2n) is 7.50. The summed E-state index contributed by atoms with van der Waals surface area (Å²) in [5, 5.41) is 8.81. The van der Waals surface area contributed by atoms with Crippen LogP contribution in [-0.2, 0) is 10.2 Å². The third-order valence-corrected chi connectivity index (χ3v) is 5.47. The highest BCUT2D eigenvalue weighted by atomic mass is 16.5. The Kier molecular flexibility index (Phi) is 6.42. The zero-order chi connectivity index (χ0) is 20.9. The van der Waals surface area contributed by atoms with E-state index in [0.717, 1.165) is 12.8 Å². The molecular formula is C23H27NO5. The second-order valence-corrected chi connectivity index (χ2v) is 7.50. The summed E-state index contributed by atoms with van der Waals surface area (Å²) in [5.74, 6) is -0.417. The topological polar surface area (TPSA) is 76.1 Å². The number of nitrogens with zero attached hydrogens (tertiary/aromatic N) is 1. The molecule has 1 saturated heterocycles. The third kappa shape index (κ3) is 4.88. The Morgan fingerprint density at radius 3 is 2.34 bits per heavy atom. The average molecular weight is 397 g/mol. The van der Waals surface area contributed by atoms with Crippen molar-refractivity contribution >= 4 is 11.9 Å². The second kappa shape index (κ2) is 8.99. The van der Waals surface area contributed by atoms with Crippen LogP contribution >= 0.6 is 0 Å². The molecule has 1 amide bonds. The van der Waals surface area contributed by atoms with E-state index < -0.39 is 12.6 Å². The summed E-state index contributed by atoms with van der Waals surface area (Å²) >= 11 is 0. The van der Waals surface area contributed by atoms with E-state index in [4.69, 9.17) is 14.6 Å². The van der Waals surface area contributed by atoms with Gasteiger partial charge in [0.2, 0.25) is 0 Å². The van der Waals surface area contributed by atoms with Gasteiger partial charge in [0.25, 0.3) is 5.91 Å². The zero-order valence-electron chi connectivity index (χ0n) is 16.9. The number of benzene rings is 2. The van der Waals surface area contributed by atoms with Crippen LogP contribution in [0, 0.1) is 0 Å². The van der Waals surface area contributed by atoms with E-state index in [1.165, 1.54) is 5.56 Å². The predicted molar refractivity (Wildman–Crippen MR) is 110 cm³/mol. The minimum Gasteiger partial charge on any atom is -0.490 e. The number of hydrogen-bond donors (Lipinski definition) is 1. The predicted octanol–water partition coefficient (Wildman–Crippen LogP) is 3.74. The van der Waals surface area contributed by atoms with Crippen LogP contribution in [0.15, 0.2) is 48.5 Å². The lowest BCUT2D eigenvalue weighted by Gasteiger charge is -2.40. The maximum Gasteiger partial charge on any atom is 0.341 e. The number of aliphatic carboxylic acids is 1. The molecule has 1 heterocycles. The number of carboxylic acids is 1. The standard InChI is InChI=1S/C23H27NO5/c1-3-28-20-15-17(9-10-19(20)29-16-21(25)26)22(27)24-13-11-23(2,12-14-24)18-7-5-4-6-8-18/h4-10,15H,3,11-14,16H2,1-2H3,(H,25,26). The molecule has 6 heteroatoms. The van der Waals surface area contributed by atoms with Crippen molar-refractivity contribution in [3.63, 3.8) is 0 Å². The van der Waals surface area contributed by atoms with Gasteiger partial charge in [-0.1, -0.05) is 37.3 Å².